The molecule has 0 saturated heterocycles. The fraction of sp³-hybridized carbons (Fsp3) is 0.774. The van der Waals surface area contributed by atoms with Gasteiger partial charge in [0, 0.05) is 6.42 Å². The smallest absolute Gasteiger partial charge is 0.306 e. The van der Waals surface area contributed by atoms with Gasteiger partial charge in [0.05, 0.1) is 25.2 Å². The van der Waals surface area contributed by atoms with Gasteiger partial charge in [-0.2, -0.15) is 0 Å². The van der Waals surface area contributed by atoms with Crippen LogP contribution in [0.1, 0.15) is 284 Å². The quantitative estimate of drug-likeness (QED) is 0.0321. The van der Waals surface area contributed by atoms with E-state index < -0.39 is 18.2 Å². The molecule has 0 aromatic rings. The molecular weight excluding hydrogens is 839 g/mol. The molecule has 3 N–H and O–H groups in total. The highest BCUT2D eigenvalue weighted by Crippen LogP contribution is 2.18. The highest BCUT2D eigenvalue weighted by atomic mass is 16.5. The van der Waals surface area contributed by atoms with Crippen molar-refractivity contribution in [3.05, 3.63) is 72.9 Å². The molecule has 0 radical (unpaired) electrons. The number of allylic oxidation sites excluding steroid dienone is 12. The van der Waals surface area contributed by atoms with Crippen molar-refractivity contribution in [2.75, 3.05) is 6.61 Å². The van der Waals surface area contributed by atoms with Crippen molar-refractivity contribution in [1.29, 1.82) is 0 Å². The summed E-state index contributed by atoms with van der Waals surface area (Å²) >= 11 is 0. The molecule has 0 aromatic heterocycles. The van der Waals surface area contributed by atoms with Gasteiger partial charge >= 0.3 is 5.97 Å². The molecule has 0 bridgehead atoms. The monoisotopic (exact) mass is 950 g/mol. The van der Waals surface area contributed by atoms with Crippen LogP contribution in [-0.2, 0) is 14.3 Å². The number of aliphatic hydroxyl groups excluding tert-OH is 2. The maximum atomic E-state index is 13.3. The van der Waals surface area contributed by atoms with Gasteiger partial charge in [0.1, 0.15) is 6.10 Å². The van der Waals surface area contributed by atoms with Gasteiger partial charge in [0.25, 0.3) is 0 Å². The average Bonchev–Trinajstić information content (AvgIpc) is 3.33. The second kappa shape index (κ2) is 55.2. The number of rotatable bonds is 52. The number of amides is 1. The minimum absolute atomic E-state index is 0.0521. The predicted octanol–water partition coefficient (Wildman–Crippen LogP) is 18.1. The maximum Gasteiger partial charge on any atom is 0.306 e. The molecule has 0 aliphatic heterocycles. The zero-order valence-corrected chi connectivity index (χ0v) is 45.0. The highest BCUT2D eigenvalue weighted by molar-refractivity contribution is 5.77. The van der Waals surface area contributed by atoms with E-state index in [1.165, 1.54) is 128 Å². The lowest BCUT2D eigenvalue weighted by Crippen LogP contribution is -2.46. The number of carbonyl (C=O) groups excluding carboxylic acids is 2. The normalized spacial score (nSPS) is 13.7. The Hall–Kier alpha value is -2.70. The van der Waals surface area contributed by atoms with E-state index in [0.717, 1.165) is 109 Å². The molecule has 0 aliphatic rings. The van der Waals surface area contributed by atoms with E-state index >= 15 is 0 Å². The van der Waals surface area contributed by atoms with Gasteiger partial charge in [-0.15, -0.1) is 0 Å². The summed E-state index contributed by atoms with van der Waals surface area (Å²) in [6.45, 7) is 6.38. The van der Waals surface area contributed by atoms with Gasteiger partial charge in [-0.25, -0.2) is 0 Å². The van der Waals surface area contributed by atoms with E-state index in [1.54, 1.807) is 0 Å². The maximum absolute atomic E-state index is 13.3. The Balaban J connectivity index is 4.65. The number of aliphatic hydroxyl groups is 2. The van der Waals surface area contributed by atoms with Crippen LogP contribution in [0.2, 0.25) is 0 Å². The van der Waals surface area contributed by atoms with E-state index in [9.17, 15) is 19.8 Å². The van der Waals surface area contributed by atoms with Gasteiger partial charge in [-0.3, -0.25) is 9.59 Å². The first kappa shape index (κ1) is 65.3. The molecule has 68 heavy (non-hydrogen) atoms. The van der Waals surface area contributed by atoms with Crippen LogP contribution in [0.5, 0.6) is 0 Å². The standard InChI is InChI=1S/C62H111NO5/c1-4-7-10-13-16-19-22-25-28-30-31-32-34-37-40-43-46-49-52-55-62(67)68-58(53-50-47-44-41-38-35-33-29-26-23-20-17-14-11-8-5-2)56-61(66)63-59(57-64)60(65)54-51-48-45-42-39-36-27-24-21-18-15-12-9-6-3/h7,10,16,19,25,28,31-32,35,37-38,40,58-60,64-65H,4-6,8-9,11-15,17-18,20-24,26-27,29-30,33-34,36,39,41-57H2,1-3H3,(H,63,66)/b10-7-,19-16-,28-25-,32-31-,38-35+,40-37-. The summed E-state index contributed by atoms with van der Waals surface area (Å²) in [7, 11) is 0. The first-order valence-corrected chi connectivity index (χ1v) is 29.2. The molecule has 0 fully saturated rings. The van der Waals surface area contributed by atoms with Gasteiger partial charge in [0.2, 0.25) is 5.91 Å². The second-order valence-electron chi connectivity index (χ2n) is 19.7. The number of esters is 1. The number of hydrogen-bond donors (Lipinski definition) is 3. The lowest BCUT2D eigenvalue weighted by Gasteiger charge is -2.24. The summed E-state index contributed by atoms with van der Waals surface area (Å²) in [6.07, 6.45) is 71.1. The fourth-order valence-electron chi connectivity index (χ4n) is 8.63. The van der Waals surface area contributed by atoms with Crippen molar-refractivity contribution in [2.24, 2.45) is 0 Å². The Kier molecular flexibility index (Phi) is 53.0. The second-order valence-corrected chi connectivity index (χ2v) is 19.7. The summed E-state index contributed by atoms with van der Waals surface area (Å²) in [5.41, 5.74) is 0. The molecule has 0 saturated carbocycles. The van der Waals surface area contributed by atoms with Crippen LogP contribution in [0.25, 0.3) is 0 Å². The van der Waals surface area contributed by atoms with Crippen LogP contribution >= 0.6 is 0 Å². The minimum Gasteiger partial charge on any atom is -0.462 e. The van der Waals surface area contributed by atoms with Gasteiger partial charge in [-0.05, 0) is 96.3 Å². The first-order valence-electron chi connectivity index (χ1n) is 29.2. The Morgan fingerprint density at radius 3 is 1.24 bits per heavy atom. The summed E-state index contributed by atoms with van der Waals surface area (Å²) in [5.74, 6) is -0.521. The summed E-state index contributed by atoms with van der Waals surface area (Å²) in [4.78, 5) is 26.3. The summed E-state index contributed by atoms with van der Waals surface area (Å²) in [5, 5.41) is 23.9. The van der Waals surface area contributed by atoms with Crippen LogP contribution in [0, 0.1) is 0 Å². The Bertz CT molecular complexity index is 1250. The van der Waals surface area contributed by atoms with Gasteiger partial charge in [-0.1, -0.05) is 248 Å². The van der Waals surface area contributed by atoms with Crippen LogP contribution < -0.4 is 5.32 Å². The third-order valence-electron chi connectivity index (χ3n) is 13.0. The van der Waals surface area contributed by atoms with E-state index in [0.29, 0.717) is 19.3 Å². The number of nitrogens with one attached hydrogen (secondary N) is 1. The third-order valence-corrected chi connectivity index (χ3v) is 13.0. The predicted molar refractivity (Wildman–Crippen MR) is 296 cm³/mol. The number of ether oxygens (including phenoxy) is 1. The first-order chi connectivity index (χ1) is 33.5. The van der Waals surface area contributed by atoms with E-state index in [1.807, 2.05) is 0 Å². The van der Waals surface area contributed by atoms with Crippen LogP contribution in [0.15, 0.2) is 72.9 Å². The largest absolute Gasteiger partial charge is 0.462 e. The summed E-state index contributed by atoms with van der Waals surface area (Å²) < 4.78 is 5.94. The zero-order chi connectivity index (χ0) is 49.5. The molecule has 0 spiro atoms. The fourth-order valence-corrected chi connectivity index (χ4v) is 8.63. The molecule has 6 nitrogen and oxygen atoms in total. The molecular formula is C62H111NO5. The minimum atomic E-state index is -0.801. The molecule has 0 aliphatic carbocycles. The van der Waals surface area contributed by atoms with Crippen molar-refractivity contribution >= 4 is 11.9 Å². The van der Waals surface area contributed by atoms with Crippen LogP contribution in [-0.4, -0.2) is 46.9 Å². The molecule has 0 aromatic carbocycles. The average molecular weight is 951 g/mol. The van der Waals surface area contributed by atoms with E-state index in [-0.39, 0.29) is 24.9 Å². The topological polar surface area (TPSA) is 95.9 Å². The zero-order valence-electron chi connectivity index (χ0n) is 45.0. The SMILES string of the molecule is CC/C=C\C/C=C\C/C=C\C/C=C\C/C=C\CCCCCC(=O)OC(CCCCC/C=C/CCCCCCCCCCC)CC(=O)NC(CO)C(O)CCCCCCCCCCCCCCCC. The van der Waals surface area contributed by atoms with Crippen molar-refractivity contribution < 1.29 is 24.5 Å². The molecule has 6 heteroatoms. The molecule has 3 atom stereocenters. The number of carbonyl (C=O) groups is 2. The lowest BCUT2D eigenvalue weighted by molar-refractivity contribution is -0.151. The van der Waals surface area contributed by atoms with Crippen LogP contribution in [0.4, 0.5) is 0 Å². The number of hydrogen-bond acceptors (Lipinski definition) is 5. The van der Waals surface area contributed by atoms with Crippen molar-refractivity contribution in [3.63, 3.8) is 0 Å². The van der Waals surface area contributed by atoms with Gasteiger partial charge < -0.3 is 20.3 Å². The van der Waals surface area contributed by atoms with E-state index in [2.05, 4.69) is 99.0 Å². The van der Waals surface area contributed by atoms with E-state index in [4.69, 9.17) is 4.74 Å². The molecule has 0 heterocycles. The van der Waals surface area contributed by atoms with Crippen LogP contribution in [0.3, 0.4) is 0 Å². The van der Waals surface area contributed by atoms with Gasteiger partial charge in [0.15, 0.2) is 0 Å². The highest BCUT2D eigenvalue weighted by Gasteiger charge is 2.24. The Morgan fingerprint density at radius 2 is 0.794 bits per heavy atom. The van der Waals surface area contributed by atoms with Crippen molar-refractivity contribution in [3.8, 4) is 0 Å². The molecule has 1 amide bonds. The molecule has 394 valence electrons. The third kappa shape index (κ3) is 49.7. The van der Waals surface area contributed by atoms with Crippen molar-refractivity contribution in [1.82, 2.24) is 5.32 Å². The lowest BCUT2D eigenvalue weighted by atomic mass is 10.0. The number of unbranched alkanes of at least 4 members (excludes halogenated alkanes) is 28. The van der Waals surface area contributed by atoms with Crippen molar-refractivity contribution in [2.45, 2.75) is 302 Å². The Morgan fingerprint density at radius 1 is 0.441 bits per heavy atom. The Labute approximate surface area is 421 Å². The molecule has 3 unspecified atom stereocenters. The summed E-state index contributed by atoms with van der Waals surface area (Å²) in [6, 6.07) is -0.717. The molecule has 0 rings (SSSR count).